The van der Waals surface area contributed by atoms with E-state index in [1.807, 2.05) is 36.9 Å². The highest BCUT2D eigenvalue weighted by Gasteiger charge is 2.31. The quantitative estimate of drug-likeness (QED) is 0.825. The van der Waals surface area contributed by atoms with Crippen molar-refractivity contribution in [3.63, 3.8) is 0 Å². The molecule has 29 heavy (non-hydrogen) atoms. The van der Waals surface area contributed by atoms with E-state index in [2.05, 4.69) is 21.2 Å². The van der Waals surface area contributed by atoms with Crippen molar-refractivity contribution in [1.29, 1.82) is 0 Å². The molecule has 1 amide bonds. The topological polar surface area (TPSA) is 61.5 Å². The summed E-state index contributed by atoms with van der Waals surface area (Å²) in [5.41, 5.74) is 2.87. The van der Waals surface area contributed by atoms with Crippen LogP contribution in [0.4, 0.5) is 0 Å². The SMILES string of the molecule is CC1CN(C(=O)c2cn[nH]c2C2CCN(Cc3ccccc3Cl)CC2)CC(C)O1. The van der Waals surface area contributed by atoms with Gasteiger partial charge in [0.15, 0.2) is 0 Å². The lowest BCUT2D eigenvalue weighted by atomic mass is 9.90. The van der Waals surface area contributed by atoms with Crippen molar-refractivity contribution >= 4 is 17.5 Å². The number of hydrogen-bond acceptors (Lipinski definition) is 4. The summed E-state index contributed by atoms with van der Waals surface area (Å²) in [6.07, 6.45) is 3.82. The second-order valence-electron chi connectivity index (χ2n) is 8.31. The van der Waals surface area contributed by atoms with E-state index in [4.69, 9.17) is 16.3 Å². The summed E-state index contributed by atoms with van der Waals surface area (Å²) in [6.45, 7) is 8.11. The Kier molecular flexibility index (Phi) is 6.23. The van der Waals surface area contributed by atoms with Gasteiger partial charge in [0.2, 0.25) is 0 Å². The number of hydrogen-bond donors (Lipinski definition) is 1. The molecular weight excluding hydrogens is 388 g/mol. The maximum absolute atomic E-state index is 13.1. The van der Waals surface area contributed by atoms with E-state index in [1.165, 1.54) is 5.56 Å². The molecule has 1 aromatic carbocycles. The molecule has 2 fully saturated rings. The number of morpholine rings is 1. The molecule has 7 heteroatoms. The summed E-state index contributed by atoms with van der Waals surface area (Å²) in [7, 11) is 0. The first kappa shape index (κ1) is 20.4. The monoisotopic (exact) mass is 416 g/mol. The Morgan fingerprint density at radius 1 is 1.21 bits per heavy atom. The third-order valence-corrected chi connectivity index (χ3v) is 6.32. The highest BCUT2D eigenvalue weighted by atomic mass is 35.5. The number of H-pyrrole nitrogens is 1. The zero-order valence-corrected chi connectivity index (χ0v) is 17.9. The predicted octanol–water partition coefficient (Wildman–Crippen LogP) is 3.69. The first-order chi connectivity index (χ1) is 14.0. The Balaban J connectivity index is 1.39. The molecule has 4 rings (SSSR count). The van der Waals surface area contributed by atoms with Crippen LogP contribution < -0.4 is 0 Å². The molecule has 0 saturated carbocycles. The molecule has 0 radical (unpaired) electrons. The molecule has 156 valence electrons. The molecule has 2 aliphatic heterocycles. The Labute approximate surface area is 177 Å². The molecule has 2 aromatic rings. The van der Waals surface area contributed by atoms with Gasteiger partial charge in [0.25, 0.3) is 5.91 Å². The van der Waals surface area contributed by atoms with Gasteiger partial charge in [-0.15, -0.1) is 0 Å². The molecule has 2 aliphatic rings. The van der Waals surface area contributed by atoms with Crippen LogP contribution in [0.3, 0.4) is 0 Å². The van der Waals surface area contributed by atoms with Crippen LogP contribution in [0, 0.1) is 0 Å². The second-order valence-corrected chi connectivity index (χ2v) is 8.71. The van der Waals surface area contributed by atoms with E-state index in [0.717, 1.165) is 48.8 Å². The van der Waals surface area contributed by atoms with Gasteiger partial charge in [-0.05, 0) is 51.4 Å². The van der Waals surface area contributed by atoms with Gasteiger partial charge in [0.1, 0.15) is 0 Å². The molecule has 2 saturated heterocycles. The number of aromatic amines is 1. The fourth-order valence-electron chi connectivity index (χ4n) is 4.54. The number of carbonyl (C=O) groups is 1. The number of ether oxygens (including phenoxy) is 1. The van der Waals surface area contributed by atoms with Crippen molar-refractivity contribution < 1.29 is 9.53 Å². The third kappa shape index (κ3) is 4.65. The van der Waals surface area contributed by atoms with Gasteiger partial charge in [-0.1, -0.05) is 29.8 Å². The fourth-order valence-corrected chi connectivity index (χ4v) is 4.73. The van der Waals surface area contributed by atoms with Crippen LogP contribution in [0.15, 0.2) is 30.5 Å². The molecule has 1 N–H and O–H groups in total. The third-order valence-electron chi connectivity index (χ3n) is 5.95. The first-order valence-corrected chi connectivity index (χ1v) is 10.8. The van der Waals surface area contributed by atoms with E-state index < -0.39 is 0 Å². The maximum Gasteiger partial charge on any atom is 0.257 e. The first-order valence-electron chi connectivity index (χ1n) is 10.4. The lowest BCUT2D eigenvalue weighted by Gasteiger charge is -2.36. The molecular formula is C22H29ClN4O2. The normalized spacial score (nSPS) is 24.0. The molecule has 1 aromatic heterocycles. The maximum atomic E-state index is 13.1. The van der Waals surface area contributed by atoms with Crippen LogP contribution in [0.25, 0.3) is 0 Å². The minimum atomic E-state index is 0.0612. The highest BCUT2D eigenvalue weighted by molar-refractivity contribution is 6.31. The van der Waals surface area contributed by atoms with Crippen molar-refractivity contribution in [2.75, 3.05) is 26.2 Å². The molecule has 3 heterocycles. The van der Waals surface area contributed by atoms with Gasteiger partial charge < -0.3 is 9.64 Å². The van der Waals surface area contributed by atoms with Gasteiger partial charge in [-0.2, -0.15) is 5.10 Å². The van der Waals surface area contributed by atoms with E-state index in [9.17, 15) is 4.79 Å². The Bertz CT molecular complexity index is 837. The number of nitrogens with one attached hydrogen (secondary N) is 1. The van der Waals surface area contributed by atoms with E-state index in [-0.39, 0.29) is 18.1 Å². The minimum absolute atomic E-state index is 0.0612. The zero-order chi connectivity index (χ0) is 20.4. The van der Waals surface area contributed by atoms with Gasteiger partial charge in [0, 0.05) is 30.6 Å². The molecule has 6 nitrogen and oxygen atoms in total. The number of halogens is 1. The summed E-state index contributed by atoms with van der Waals surface area (Å²) >= 11 is 6.31. The number of benzene rings is 1. The minimum Gasteiger partial charge on any atom is -0.372 e. The van der Waals surface area contributed by atoms with Crippen LogP contribution in [-0.4, -0.2) is 64.3 Å². The average molecular weight is 417 g/mol. The number of nitrogens with zero attached hydrogens (tertiary/aromatic N) is 3. The summed E-state index contributed by atoms with van der Waals surface area (Å²) in [4.78, 5) is 17.5. The van der Waals surface area contributed by atoms with Crippen LogP contribution in [0.2, 0.25) is 5.02 Å². The van der Waals surface area contributed by atoms with Crippen LogP contribution in [0.1, 0.15) is 54.2 Å². The number of rotatable bonds is 4. The van der Waals surface area contributed by atoms with E-state index >= 15 is 0 Å². The lowest BCUT2D eigenvalue weighted by Crippen LogP contribution is -2.48. The summed E-state index contributed by atoms with van der Waals surface area (Å²) in [6, 6.07) is 8.03. The predicted molar refractivity (Wildman–Crippen MR) is 113 cm³/mol. The standard InChI is InChI=1S/C22H29ClN4O2/c1-15-12-27(13-16(2)29-15)22(28)19-11-24-25-21(19)17-7-9-26(10-8-17)14-18-5-3-4-6-20(18)23/h3-6,11,15-17H,7-10,12-14H2,1-2H3,(H,24,25). The van der Waals surface area contributed by atoms with Crippen molar-refractivity contribution in [3.8, 4) is 0 Å². The average Bonchev–Trinajstić information content (AvgIpc) is 3.19. The molecule has 0 aliphatic carbocycles. The summed E-state index contributed by atoms with van der Waals surface area (Å²) in [5, 5.41) is 8.16. The smallest absolute Gasteiger partial charge is 0.257 e. The van der Waals surface area contributed by atoms with Crippen molar-refractivity contribution in [2.45, 2.75) is 51.4 Å². The van der Waals surface area contributed by atoms with Crippen LogP contribution >= 0.6 is 11.6 Å². The molecule has 0 bridgehead atoms. The number of aromatic nitrogens is 2. The summed E-state index contributed by atoms with van der Waals surface area (Å²) in [5.74, 6) is 0.393. The number of carbonyl (C=O) groups excluding carboxylic acids is 1. The summed E-state index contributed by atoms with van der Waals surface area (Å²) < 4.78 is 5.77. The van der Waals surface area contributed by atoms with E-state index in [0.29, 0.717) is 19.0 Å². The van der Waals surface area contributed by atoms with Crippen molar-refractivity contribution in [2.24, 2.45) is 0 Å². The van der Waals surface area contributed by atoms with Gasteiger partial charge in [-0.3, -0.25) is 14.8 Å². The van der Waals surface area contributed by atoms with Gasteiger partial charge in [-0.25, -0.2) is 0 Å². The number of piperidine rings is 1. The lowest BCUT2D eigenvalue weighted by molar-refractivity contribution is -0.0586. The fraction of sp³-hybridized carbons (Fsp3) is 0.545. The molecule has 2 atom stereocenters. The van der Waals surface area contributed by atoms with Crippen molar-refractivity contribution in [3.05, 3.63) is 52.3 Å². The zero-order valence-electron chi connectivity index (χ0n) is 17.1. The Morgan fingerprint density at radius 3 is 2.59 bits per heavy atom. The molecule has 0 spiro atoms. The highest BCUT2D eigenvalue weighted by Crippen LogP contribution is 2.31. The van der Waals surface area contributed by atoms with Crippen molar-refractivity contribution in [1.82, 2.24) is 20.0 Å². The van der Waals surface area contributed by atoms with Gasteiger partial charge >= 0.3 is 0 Å². The number of amides is 1. The van der Waals surface area contributed by atoms with Crippen LogP contribution in [0.5, 0.6) is 0 Å². The van der Waals surface area contributed by atoms with Crippen LogP contribution in [-0.2, 0) is 11.3 Å². The van der Waals surface area contributed by atoms with Gasteiger partial charge in [0.05, 0.1) is 29.7 Å². The largest absolute Gasteiger partial charge is 0.372 e. The Hall–Kier alpha value is -1.89. The Morgan fingerprint density at radius 2 is 1.90 bits per heavy atom. The van der Waals surface area contributed by atoms with E-state index in [1.54, 1.807) is 6.20 Å². The number of likely N-dealkylation sites (tertiary alicyclic amines) is 1. The second kappa shape index (κ2) is 8.86. The molecule has 2 unspecified atom stereocenters.